The molecule has 0 bridgehead atoms. The minimum Gasteiger partial charge on any atom is -0.399 e. The number of hydrogen-bond donors (Lipinski definition) is 0. The van der Waals surface area contributed by atoms with Crippen LogP contribution in [0.5, 0.6) is 0 Å². The molecule has 0 radical (unpaired) electrons. The van der Waals surface area contributed by atoms with Crippen molar-refractivity contribution in [2.24, 2.45) is 0 Å². The second-order valence-corrected chi connectivity index (χ2v) is 8.06. The number of benzene rings is 1. The van der Waals surface area contributed by atoms with Gasteiger partial charge in [-0.3, -0.25) is 4.79 Å². The predicted octanol–water partition coefficient (Wildman–Crippen LogP) is 3.00. The summed E-state index contributed by atoms with van der Waals surface area (Å²) >= 11 is 0. The molecular formula is C19H28BNO3. The van der Waals surface area contributed by atoms with Gasteiger partial charge in [-0.1, -0.05) is 25.0 Å². The van der Waals surface area contributed by atoms with Gasteiger partial charge >= 0.3 is 7.12 Å². The van der Waals surface area contributed by atoms with Crippen LogP contribution in [0.4, 0.5) is 0 Å². The maximum Gasteiger partial charge on any atom is 0.494 e. The highest BCUT2D eigenvalue weighted by Gasteiger charge is 2.51. The van der Waals surface area contributed by atoms with Gasteiger partial charge in [-0.05, 0) is 58.1 Å². The topological polar surface area (TPSA) is 38.8 Å². The largest absolute Gasteiger partial charge is 0.494 e. The summed E-state index contributed by atoms with van der Waals surface area (Å²) in [6.07, 6.45) is 4.69. The molecule has 0 atom stereocenters. The van der Waals surface area contributed by atoms with Gasteiger partial charge in [0, 0.05) is 18.7 Å². The van der Waals surface area contributed by atoms with Crippen LogP contribution in [-0.2, 0) is 9.31 Å². The van der Waals surface area contributed by atoms with Gasteiger partial charge < -0.3 is 14.2 Å². The van der Waals surface area contributed by atoms with E-state index in [0.29, 0.717) is 6.04 Å². The lowest BCUT2D eigenvalue weighted by molar-refractivity contribution is 0.00578. The number of rotatable bonds is 3. The van der Waals surface area contributed by atoms with Crippen LogP contribution >= 0.6 is 0 Å². The van der Waals surface area contributed by atoms with E-state index in [4.69, 9.17) is 9.31 Å². The zero-order chi connectivity index (χ0) is 17.5. The summed E-state index contributed by atoms with van der Waals surface area (Å²) in [6, 6.07) is 8.04. The second kappa shape index (κ2) is 6.19. The first-order valence-corrected chi connectivity index (χ1v) is 8.94. The summed E-state index contributed by atoms with van der Waals surface area (Å²) in [7, 11) is 1.53. The minimum atomic E-state index is -0.383. The molecule has 1 aliphatic heterocycles. The van der Waals surface area contributed by atoms with Crippen molar-refractivity contribution in [3.05, 3.63) is 29.8 Å². The summed E-state index contributed by atoms with van der Waals surface area (Å²) in [4.78, 5) is 14.5. The molecule has 0 spiro atoms. The van der Waals surface area contributed by atoms with Gasteiger partial charge in [0.25, 0.3) is 5.91 Å². The molecular weight excluding hydrogens is 301 g/mol. The molecule has 1 amide bonds. The van der Waals surface area contributed by atoms with Crippen molar-refractivity contribution >= 4 is 18.5 Å². The number of amides is 1. The standard InChI is InChI=1S/C19H28BNO3/c1-18(2)19(3,4)24-20(23-18)15-12-10-14(11-13-15)17(22)21(5)16-8-6-7-9-16/h10-13,16H,6-9H2,1-5H3. The molecule has 2 aliphatic rings. The fourth-order valence-electron chi connectivity index (χ4n) is 3.42. The first-order chi connectivity index (χ1) is 11.2. The van der Waals surface area contributed by atoms with Crippen molar-refractivity contribution in [2.45, 2.75) is 70.6 Å². The van der Waals surface area contributed by atoms with Crippen molar-refractivity contribution in [1.29, 1.82) is 0 Å². The number of carbonyl (C=O) groups excluding carboxylic acids is 1. The van der Waals surface area contributed by atoms with Gasteiger partial charge in [-0.2, -0.15) is 0 Å². The van der Waals surface area contributed by atoms with Crippen molar-refractivity contribution in [3.63, 3.8) is 0 Å². The maximum atomic E-state index is 12.6. The van der Waals surface area contributed by atoms with E-state index in [1.807, 2.05) is 63.9 Å². The third kappa shape index (κ3) is 3.12. The highest BCUT2D eigenvalue weighted by Crippen LogP contribution is 2.36. The molecule has 1 saturated heterocycles. The minimum absolute atomic E-state index is 0.0994. The molecule has 4 nitrogen and oxygen atoms in total. The van der Waals surface area contributed by atoms with E-state index in [9.17, 15) is 4.79 Å². The van der Waals surface area contributed by atoms with Crippen molar-refractivity contribution in [3.8, 4) is 0 Å². The summed E-state index contributed by atoms with van der Waals surface area (Å²) in [6.45, 7) is 8.17. The Labute approximate surface area is 145 Å². The Morgan fingerprint density at radius 3 is 2.04 bits per heavy atom. The van der Waals surface area contributed by atoms with Gasteiger partial charge in [0.2, 0.25) is 0 Å². The van der Waals surface area contributed by atoms with Crippen LogP contribution in [0.15, 0.2) is 24.3 Å². The highest BCUT2D eigenvalue weighted by atomic mass is 16.7. The normalized spacial score (nSPS) is 22.8. The second-order valence-electron chi connectivity index (χ2n) is 8.06. The molecule has 130 valence electrons. The molecule has 1 heterocycles. The molecule has 1 aromatic carbocycles. The summed E-state index contributed by atoms with van der Waals surface area (Å²) in [5.74, 6) is 0.0994. The van der Waals surface area contributed by atoms with E-state index < -0.39 is 0 Å². The van der Waals surface area contributed by atoms with Crippen molar-refractivity contribution in [1.82, 2.24) is 4.90 Å². The molecule has 1 aliphatic carbocycles. The van der Waals surface area contributed by atoms with Crippen LogP contribution < -0.4 is 5.46 Å². The molecule has 0 N–H and O–H groups in total. The SMILES string of the molecule is CN(C(=O)c1ccc(B2OC(C)(C)C(C)(C)O2)cc1)C1CCCC1. The monoisotopic (exact) mass is 329 g/mol. The molecule has 3 rings (SSSR count). The lowest BCUT2D eigenvalue weighted by atomic mass is 9.79. The van der Waals surface area contributed by atoms with E-state index in [2.05, 4.69) is 0 Å². The Bertz CT molecular complexity index is 590. The number of nitrogens with zero attached hydrogens (tertiary/aromatic N) is 1. The van der Waals surface area contributed by atoms with Crippen LogP contribution in [0, 0.1) is 0 Å². The molecule has 24 heavy (non-hydrogen) atoms. The Balaban J connectivity index is 1.71. The van der Waals surface area contributed by atoms with Crippen LogP contribution in [0.2, 0.25) is 0 Å². The van der Waals surface area contributed by atoms with Crippen LogP contribution in [0.25, 0.3) is 0 Å². The quantitative estimate of drug-likeness (QED) is 0.800. The average molecular weight is 329 g/mol. The molecule has 2 fully saturated rings. The van der Waals surface area contributed by atoms with Crippen LogP contribution in [0.3, 0.4) is 0 Å². The molecule has 1 aromatic rings. The van der Waals surface area contributed by atoms with E-state index in [-0.39, 0.29) is 24.2 Å². The smallest absolute Gasteiger partial charge is 0.399 e. The zero-order valence-electron chi connectivity index (χ0n) is 15.5. The van der Waals surface area contributed by atoms with Gasteiger partial charge in [0.1, 0.15) is 0 Å². The summed E-state index contributed by atoms with van der Waals surface area (Å²) < 4.78 is 12.1. The first-order valence-electron chi connectivity index (χ1n) is 8.94. The third-order valence-electron chi connectivity index (χ3n) is 5.88. The molecule has 0 aromatic heterocycles. The van der Waals surface area contributed by atoms with Crippen molar-refractivity contribution in [2.75, 3.05) is 7.05 Å². The van der Waals surface area contributed by atoms with E-state index in [0.717, 1.165) is 23.9 Å². The van der Waals surface area contributed by atoms with Crippen LogP contribution in [-0.4, -0.2) is 42.2 Å². The summed E-state index contributed by atoms with van der Waals surface area (Å²) in [5.41, 5.74) is 0.974. The Kier molecular flexibility index (Phi) is 4.52. The Morgan fingerprint density at radius 2 is 1.54 bits per heavy atom. The van der Waals surface area contributed by atoms with Gasteiger partial charge in [-0.25, -0.2) is 0 Å². The Morgan fingerprint density at radius 1 is 1.04 bits per heavy atom. The highest BCUT2D eigenvalue weighted by molar-refractivity contribution is 6.62. The molecule has 1 saturated carbocycles. The average Bonchev–Trinajstić information content (AvgIpc) is 3.13. The van der Waals surface area contributed by atoms with Gasteiger partial charge in [0.15, 0.2) is 0 Å². The lowest BCUT2D eigenvalue weighted by Gasteiger charge is -2.32. The number of hydrogen-bond acceptors (Lipinski definition) is 3. The van der Waals surface area contributed by atoms with Gasteiger partial charge in [-0.15, -0.1) is 0 Å². The summed E-state index contributed by atoms with van der Waals surface area (Å²) in [5, 5.41) is 0. The molecule has 0 unspecified atom stereocenters. The lowest BCUT2D eigenvalue weighted by Crippen LogP contribution is -2.41. The van der Waals surface area contributed by atoms with E-state index in [1.54, 1.807) is 0 Å². The number of carbonyl (C=O) groups is 1. The first kappa shape index (κ1) is 17.5. The third-order valence-corrected chi connectivity index (χ3v) is 5.88. The molecule has 5 heteroatoms. The zero-order valence-corrected chi connectivity index (χ0v) is 15.5. The predicted molar refractivity (Wildman–Crippen MR) is 96.5 cm³/mol. The van der Waals surface area contributed by atoms with Crippen molar-refractivity contribution < 1.29 is 14.1 Å². The fraction of sp³-hybridized carbons (Fsp3) is 0.632. The van der Waals surface area contributed by atoms with E-state index in [1.165, 1.54) is 12.8 Å². The maximum absolute atomic E-state index is 12.6. The van der Waals surface area contributed by atoms with E-state index >= 15 is 0 Å². The fourth-order valence-corrected chi connectivity index (χ4v) is 3.42. The van der Waals surface area contributed by atoms with Gasteiger partial charge in [0.05, 0.1) is 11.2 Å². The van der Waals surface area contributed by atoms with Crippen LogP contribution in [0.1, 0.15) is 63.7 Å². The Hall–Kier alpha value is -1.33.